The number of ether oxygens (including phenoxy) is 2. The van der Waals surface area contributed by atoms with E-state index in [-0.39, 0.29) is 5.69 Å². The quantitative estimate of drug-likeness (QED) is 0.625. The van der Waals surface area contributed by atoms with Crippen LogP contribution in [0.25, 0.3) is 5.69 Å². The zero-order valence-electron chi connectivity index (χ0n) is 15.8. The van der Waals surface area contributed by atoms with Gasteiger partial charge < -0.3 is 14.4 Å². The van der Waals surface area contributed by atoms with Crippen LogP contribution in [0.1, 0.15) is 12.5 Å². The van der Waals surface area contributed by atoms with Crippen molar-refractivity contribution in [3.63, 3.8) is 0 Å². The summed E-state index contributed by atoms with van der Waals surface area (Å²) in [6.07, 6.45) is 0. The number of nitrogens with one attached hydrogen (secondary N) is 1. The van der Waals surface area contributed by atoms with Gasteiger partial charge in [0.05, 0.1) is 26.5 Å². The molecule has 1 aromatic heterocycles. The third-order valence-corrected chi connectivity index (χ3v) is 4.09. The number of aromatic nitrogens is 4. The van der Waals surface area contributed by atoms with Crippen LogP contribution in [0.2, 0.25) is 0 Å². The zero-order chi connectivity index (χ0) is 19.2. The van der Waals surface area contributed by atoms with Crippen LogP contribution in [0.15, 0.2) is 53.3 Å². The first-order chi connectivity index (χ1) is 13.1. The summed E-state index contributed by atoms with van der Waals surface area (Å²) in [6, 6.07) is 15.1. The van der Waals surface area contributed by atoms with Crippen LogP contribution in [-0.4, -0.2) is 40.6 Å². The maximum atomic E-state index is 12.5. The predicted molar refractivity (Wildman–Crippen MR) is 100 cm³/mol. The highest BCUT2D eigenvalue weighted by Gasteiger charge is 2.14. The highest BCUT2D eigenvalue weighted by molar-refractivity contribution is 5.42. The minimum absolute atomic E-state index is 0.259. The summed E-state index contributed by atoms with van der Waals surface area (Å²) in [4.78, 5) is 13.6. The van der Waals surface area contributed by atoms with Gasteiger partial charge in [-0.05, 0) is 47.7 Å². The lowest BCUT2D eigenvalue weighted by Gasteiger charge is -2.15. The number of methoxy groups -OCH3 is 1. The molecule has 27 heavy (non-hydrogen) atoms. The highest BCUT2D eigenvalue weighted by Crippen LogP contribution is 2.27. The van der Waals surface area contributed by atoms with E-state index in [1.807, 2.05) is 62.5 Å². The summed E-state index contributed by atoms with van der Waals surface area (Å²) in [7, 11) is 3.62. The minimum Gasteiger partial charge on any atom is -0.493 e. The van der Waals surface area contributed by atoms with Gasteiger partial charge in [0.15, 0.2) is 18.2 Å². The lowest BCUT2D eigenvalue weighted by Crippen LogP contribution is -3.07. The standard InChI is InChI=1S/C19H23N5O3/c1-4-27-17-11-10-15(12-18(17)26-3)13-22(2)14-23-19(25)24(21-20-23)16-8-6-5-7-9-16/h5-12H,4,13-14H2,1-3H3/p+1. The second-order valence-corrected chi connectivity index (χ2v) is 6.22. The van der Waals surface area contributed by atoms with E-state index in [1.165, 1.54) is 9.36 Å². The Balaban J connectivity index is 1.71. The molecule has 0 saturated heterocycles. The van der Waals surface area contributed by atoms with Crippen LogP contribution < -0.4 is 20.1 Å². The van der Waals surface area contributed by atoms with E-state index < -0.39 is 0 Å². The lowest BCUT2D eigenvalue weighted by molar-refractivity contribution is -0.917. The average molecular weight is 370 g/mol. The van der Waals surface area contributed by atoms with Gasteiger partial charge in [-0.25, -0.2) is 4.79 Å². The summed E-state index contributed by atoms with van der Waals surface area (Å²) in [6.45, 7) is 3.63. The number of para-hydroxylation sites is 1. The fourth-order valence-corrected chi connectivity index (χ4v) is 2.86. The van der Waals surface area contributed by atoms with Crippen LogP contribution >= 0.6 is 0 Å². The van der Waals surface area contributed by atoms with E-state index in [0.717, 1.165) is 16.2 Å². The predicted octanol–water partition coefficient (Wildman–Crippen LogP) is 0.509. The number of benzene rings is 2. The average Bonchev–Trinajstić information content (AvgIpc) is 3.04. The summed E-state index contributed by atoms with van der Waals surface area (Å²) in [5, 5.41) is 7.97. The van der Waals surface area contributed by atoms with E-state index in [4.69, 9.17) is 9.47 Å². The van der Waals surface area contributed by atoms with E-state index in [2.05, 4.69) is 10.4 Å². The SMILES string of the molecule is CCOc1ccc(C[NH+](C)Cn2nnn(-c3ccccc3)c2=O)cc1OC. The molecule has 1 N–H and O–H groups in total. The van der Waals surface area contributed by atoms with Gasteiger partial charge in [0, 0.05) is 5.56 Å². The molecule has 0 bridgehead atoms. The maximum absolute atomic E-state index is 12.5. The number of quaternary nitrogens is 1. The van der Waals surface area contributed by atoms with E-state index in [0.29, 0.717) is 31.3 Å². The molecule has 3 aromatic rings. The molecule has 8 heteroatoms. The number of rotatable bonds is 8. The molecule has 2 aromatic carbocycles. The molecule has 3 rings (SSSR count). The van der Waals surface area contributed by atoms with Crippen molar-refractivity contribution in [2.24, 2.45) is 0 Å². The van der Waals surface area contributed by atoms with Crippen LogP contribution in [0.5, 0.6) is 11.5 Å². The zero-order valence-corrected chi connectivity index (χ0v) is 15.8. The van der Waals surface area contributed by atoms with Gasteiger partial charge in [0.2, 0.25) is 0 Å². The number of hydrogen-bond acceptors (Lipinski definition) is 5. The highest BCUT2D eigenvalue weighted by atomic mass is 16.5. The van der Waals surface area contributed by atoms with Crippen molar-refractivity contribution in [3.05, 3.63) is 64.6 Å². The molecule has 142 valence electrons. The Hall–Kier alpha value is -3.13. The van der Waals surface area contributed by atoms with E-state index >= 15 is 0 Å². The van der Waals surface area contributed by atoms with E-state index in [1.54, 1.807) is 7.11 Å². The molecule has 8 nitrogen and oxygen atoms in total. The van der Waals surface area contributed by atoms with Crippen molar-refractivity contribution in [2.45, 2.75) is 20.1 Å². The van der Waals surface area contributed by atoms with Crippen LogP contribution in [0.4, 0.5) is 0 Å². The second kappa shape index (κ2) is 8.50. The molecule has 0 radical (unpaired) electrons. The molecule has 0 fully saturated rings. The largest absolute Gasteiger partial charge is 0.493 e. The Labute approximate surface area is 157 Å². The van der Waals surface area contributed by atoms with Crippen LogP contribution in [-0.2, 0) is 13.2 Å². The summed E-state index contributed by atoms with van der Waals surface area (Å²) >= 11 is 0. The minimum atomic E-state index is -0.259. The second-order valence-electron chi connectivity index (χ2n) is 6.22. The van der Waals surface area contributed by atoms with Crippen molar-refractivity contribution < 1.29 is 14.4 Å². The molecule has 0 amide bonds. The van der Waals surface area contributed by atoms with Crippen LogP contribution in [0, 0.1) is 0 Å². The maximum Gasteiger partial charge on any atom is 0.373 e. The van der Waals surface area contributed by atoms with Gasteiger partial charge in [-0.2, -0.15) is 4.68 Å². The number of tetrazole rings is 1. The Morgan fingerprint density at radius 3 is 2.56 bits per heavy atom. The first-order valence-corrected chi connectivity index (χ1v) is 8.81. The fraction of sp³-hybridized carbons (Fsp3) is 0.316. The Morgan fingerprint density at radius 2 is 1.85 bits per heavy atom. The topological polar surface area (TPSA) is 75.6 Å². The molecule has 0 aliphatic rings. The smallest absolute Gasteiger partial charge is 0.373 e. The monoisotopic (exact) mass is 370 g/mol. The Kier molecular flexibility index (Phi) is 5.87. The molecule has 0 saturated carbocycles. The van der Waals surface area contributed by atoms with Gasteiger partial charge in [0.1, 0.15) is 6.54 Å². The molecule has 0 spiro atoms. The van der Waals surface area contributed by atoms with Crippen molar-refractivity contribution >= 4 is 0 Å². The molecule has 1 atom stereocenters. The van der Waals surface area contributed by atoms with E-state index in [9.17, 15) is 4.79 Å². The van der Waals surface area contributed by atoms with Gasteiger partial charge in [0.25, 0.3) is 0 Å². The summed E-state index contributed by atoms with van der Waals surface area (Å²) < 4.78 is 13.6. The van der Waals surface area contributed by atoms with Crippen molar-refractivity contribution in [1.82, 2.24) is 19.8 Å². The van der Waals surface area contributed by atoms with Crippen molar-refractivity contribution in [2.75, 3.05) is 20.8 Å². The third kappa shape index (κ3) is 4.35. The fourth-order valence-electron chi connectivity index (χ4n) is 2.86. The lowest BCUT2D eigenvalue weighted by atomic mass is 10.2. The number of hydrogen-bond donors (Lipinski definition) is 1. The van der Waals surface area contributed by atoms with Gasteiger partial charge >= 0.3 is 5.69 Å². The van der Waals surface area contributed by atoms with Gasteiger partial charge in [-0.3, -0.25) is 0 Å². The third-order valence-electron chi connectivity index (χ3n) is 4.09. The first-order valence-electron chi connectivity index (χ1n) is 8.81. The van der Waals surface area contributed by atoms with Crippen molar-refractivity contribution in [1.29, 1.82) is 0 Å². The molecular formula is C19H24N5O3+. The van der Waals surface area contributed by atoms with Crippen molar-refractivity contribution in [3.8, 4) is 17.2 Å². The molecule has 1 heterocycles. The normalized spacial score (nSPS) is 12.0. The Bertz CT molecular complexity index is 936. The summed E-state index contributed by atoms with van der Waals surface area (Å²) in [5.74, 6) is 1.43. The van der Waals surface area contributed by atoms with Gasteiger partial charge in [-0.1, -0.05) is 18.2 Å². The van der Waals surface area contributed by atoms with Gasteiger partial charge in [-0.15, -0.1) is 4.68 Å². The molecule has 1 unspecified atom stereocenters. The Morgan fingerprint density at radius 1 is 1.07 bits per heavy atom. The molecule has 0 aliphatic carbocycles. The molecular weight excluding hydrogens is 346 g/mol. The first kappa shape index (κ1) is 18.7. The molecule has 0 aliphatic heterocycles. The summed E-state index contributed by atoms with van der Waals surface area (Å²) in [5.41, 5.74) is 1.52. The number of nitrogens with zero attached hydrogens (tertiary/aromatic N) is 4. The van der Waals surface area contributed by atoms with Crippen LogP contribution in [0.3, 0.4) is 0 Å².